The molecule has 0 aliphatic rings. The van der Waals surface area contributed by atoms with Crippen LogP contribution in [-0.4, -0.2) is 74.9 Å². The van der Waals surface area contributed by atoms with Crippen molar-refractivity contribution < 1.29 is 42.1 Å². The van der Waals surface area contributed by atoms with Crippen molar-refractivity contribution in [3.05, 3.63) is 12.2 Å². The summed E-state index contributed by atoms with van der Waals surface area (Å²) in [6, 6.07) is 0. The van der Waals surface area contributed by atoms with Gasteiger partial charge >= 0.3 is 19.8 Å². The average molecular weight is 817 g/mol. The largest absolute Gasteiger partial charge is 0.472 e. The normalized spacial score (nSPS) is 13.6. The quantitative estimate of drug-likeness (QED) is 0.0213. The zero-order chi connectivity index (χ0) is 41.4. The molecular weight excluding hydrogens is 725 g/mol. The third kappa shape index (κ3) is 42.4. The van der Waals surface area contributed by atoms with E-state index in [0.29, 0.717) is 23.9 Å². The van der Waals surface area contributed by atoms with Crippen molar-refractivity contribution in [2.75, 3.05) is 47.5 Å². The number of allylic oxidation sites excluding steroid dienone is 2. The number of quaternary nitrogens is 1. The first-order valence-corrected chi connectivity index (χ1v) is 24.9. The number of carbonyl (C=O) groups is 2. The first kappa shape index (κ1) is 54.8. The lowest BCUT2D eigenvalue weighted by atomic mass is 10.1. The van der Waals surface area contributed by atoms with Crippen LogP contribution in [0.4, 0.5) is 0 Å². The molecule has 0 aliphatic carbocycles. The van der Waals surface area contributed by atoms with Crippen LogP contribution in [-0.2, 0) is 32.7 Å². The molecule has 2 unspecified atom stereocenters. The second-order valence-electron chi connectivity index (χ2n) is 17.1. The Balaban J connectivity index is 4.23. The molecule has 10 heteroatoms. The smallest absolute Gasteiger partial charge is 0.462 e. The molecule has 0 bridgehead atoms. The van der Waals surface area contributed by atoms with Crippen molar-refractivity contribution >= 4 is 19.8 Å². The summed E-state index contributed by atoms with van der Waals surface area (Å²) in [5.41, 5.74) is 0. The van der Waals surface area contributed by atoms with Gasteiger partial charge in [-0.2, -0.15) is 0 Å². The van der Waals surface area contributed by atoms with Crippen LogP contribution in [0, 0.1) is 0 Å². The molecule has 0 spiro atoms. The van der Waals surface area contributed by atoms with E-state index in [1.165, 1.54) is 154 Å². The van der Waals surface area contributed by atoms with Gasteiger partial charge in [0.25, 0.3) is 0 Å². The van der Waals surface area contributed by atoms with Gasteiger partial charge in [-0.15, -0.1) is 0 Å². The molecule has 0 saturated heterocycles. The minimum Gasteiger partial charge on any atom is -0.462 e. The van der Waals surface area contributed by atoms with Crippen LogP contribution >= 0.6 is 7.82 Å². The van der Waals surface area contributed by atoms with Crippen molar-refractivity contribution in [3.8, 4) is 0 Å². The molecule has 0 aromatic rings. The second kappa shape index (κ2) is 39.2. The lowest BCUT2D eigenvalue weighted by Gasteiger charge is -2.24. The van der Waals surface area contributed by atoms with Gasteiger partial charge in [-0.05, 0) is 38.5 Å². The Morgan fingerprint density at radius 1 is 0.536 bits per heavy atom. The fraction of sp³-hybridized carbons (Fsp3) is 0.913. The van der Waals surface area contributed by atoms with E-state index in [0.717, 1.165) is 32.1 Å². The third-order valence-corrected chi connectivity index (χ3v) is 11.3. The van der Waals surface area contributed by atoms with Gasteiger partial charge < -0.3 is 18.9 Å². The SMILES string of the molecule is CCCCCCCCCC/C=C\CCCCCCCCCCCC(=O)OC(COC(=O)CCCCCCCCCCCCC)COP(=O)(O)OCC[N+](C)(C)C. The van der Waals surface area contributed by atoms with E-state index < -0.39 is 26.5 Å². The summed E-state index contributed by atoms with van der Waals surface area (Å²) in [6.07, 6.45) is 41.2. The van der Waals surface area contributed by atoms with E-state index in [-0.39, 0.29) is 25.6 Å². The van der Waals surface area contributed by atoms with Crippen molar-refractivity contribution in [3.63, 3.8) is 0 Å². The molecular formula is C46H91NO8P+. The Morgan fingerprint density at radius 2 is 0.911 bits per heavy atom. The van der Waals surface area contributed by atoms with Gasteiger partial charge in [0.1, 0.15) is 19.8 Å². The van der Waals surface area contributed by atoms with Crippen molar-refractivity contribution in [1.82, 2.24) is 0 Å². The molecule has 332 valence electrons. The highest BCUT2D eigenvalue weighted by Crippen LogP contribution is 2.43. The van der Waals surface area contributed by atoms with Crippen molar-refractivity contribution in [2.24, 2.45) is 0 Å². The molecule has 0 saturated carbocycles. The number of nitrogens with zero attached hydrogens (tertiary/aromatic N) is 1. The fourth-order valence-electron chi connectivity index (χ4n) is 6.60. The maximum absolute atomic E-state index is 12.7. The second-order valence-corrected chi connectivity index (χ2v) is 18.6. The van der Waals surface area contributed by atoms with E-state index in [4.69, 9.17) is 18.5 Å². The van der Waals surface area contributed by atoms with Gasteiger partial charge in [-0.25, -0.2) is 4.57 Å². The minimum absolute atomic E-state index is 0.0345. The fourth-order valence-corrected chi connectivity index (χ4v) is 7.34. The molecule has 9 nitrogen and oxygen atoms in total. The summed E-state index contributed by atoms with van der Waals surface area (Å²) < 4.78 is 34.3. The standard InChI is InChI=1S/C46H90NO8P/c1-6-8-10-12-14-16-18-19-20-21-22-23-24-25-26-27-29-31-33-35-37-39-46(49)55-44(43-54-56(50,51)53-41-40-47(3,4)5)42-52-45(48)38-36-34-32-30-28-17-15-13-11-9-7-2/h21-22,44H,6-20,23-43H2,1-5H3/p+1/b22-21-. The topological polar surface area (TPSA) is 108 Å². The summed E-state index contributed by atoms with van der Waals surface area (Å²) in [6.45, 7) is 4.44. The summed E-state index contributed by atoms with van der Waals surface area (Å²) in [4.78, 5) is 35.4. The minimum atomic E-state index is -4.37. The molecule has 0 aromatic heterocycles. The first-order valence-electron chi connectivity index (χ1n) is 23.4. The molecule has 0 aromatic carbocycles. The van der Waals surface area contributed by atoms with E-state index in [1.54, 1.807) is 0 Å². The number of phosphoric ester groups is 1. The number of hydrogen-bond donors (Lipinski definition) is 1. The molecule has 56 heavy (non-hydrogen) atoms. The maximum atomic E-state index is 12.7. The average Bonchev–Trinajstić information content (AvgIpc) is 3.15. The first-order chi connectivity index (χ1) is 27.0. The molecule has 0 heterocycles. The summed E-state index contributed by atoms with van der Waals surface area (Å²) in [5, 5.41) is 0. The van der Waals surface area contributed by atoms with Crippen LogP contribution in [0.5, 0.6) is 0 Å². The number of carbonyl (C=O) groups excluding carboxylic acids is 2. The van der Waals surface area contributed by atoms with Crippen LogP contribution in [0.25, 0.3) is 0 Å². The van der Waals surface area contributed by atoms with Crippen molar-refractivity contribution in [1.29, 1.82) is 0 Å². The van der Waals surface area contributed by atoms with Gasteiger partial charge in [0.15, 0.2) is 6.10 Å². The molecule has 1 N–H and O–H groups in total. The molecule has 0 aliphatic heterocycles. The van der Waals surface area contributed by atoms with Crippen LogP contribution in [0.15, 0.2) is 12.2 Å². The number of likely N-dealkylation sites (N-methyl/N-ethyl adjacent to an activating group) is 1. The predicted octanol–water partition coefficient (Wildman–Crippen LogP) is 13.4. The number of ether oxygens (including phenoxy) is 2. The Labute approximate surface area is 346 Å². The summed E-state index contributed by atoms with van der Waals surface area (Å²) in [7, 11) is 1.49. The van der Waals surface area contributed by atoms with E-state index >= 15 is 0 Å². The summed E-state index contributed by atoms with van der Waals surface area (Å²) in [5.74, 6) is -0.792. The Bertz CT molecular complexity index is 969. The highest BCUT2D eigenvalue weighted by atomic mass is 31.2. The number of phosphoric acid groups is 1. The van der Waals surface area contributed by atoms with E-state index in [2.05, 4.69) is 26.0 Å². The third-order valence-electron chi connectivity index (χ3n) is 10.3. The van der Waals surface area contributed by atoms with Gasteiger partial charge in [-0.3, -0.25) is 18.6 Å². The number of hydrogen-bond acceptors (Lipinski definition) is 7. The predicted molar refractivity (Wildman–Crippen MR) is 234 cm³/mol. The lowest BCUT2D eigenvalue weighted by Crippen LogP contribution is -2.37. The van der Waals surface area contributed by atoms with Gasteiger partial charge in [0, 0.05) is 12.8 Å². The number of esters is 2. The Hall–Kier alpha value is -1.25. The maximum Gasteiger partial charge on any atom is 0.472 e. The molecule has 0 radical (unpaired) electrons. The van der Waals surface area contributed by atoms with Crippen LogP contribution in [0.2, 0.25) is 0 Å². The molecule has 0 fully saturated rings. The van der Waals surface area contributed by atoms with Crippen molar-refractivity contribution in [2.45, 2.75) is 225 Å². The van der Waals surface area contributed by atoms with Gasteiger partial charge in [0.2, 0.25) is 0 Å². The molecule has 0 rings (SSSR count). The zero-order valence-corrected chi connectivity index (χ0v) is 38.3. The van der Waals surface area contributed by atoms with E-state index in [9.17, 15) is 19.0 Å². The molecule has 2 atom stereocenters. The van der Waals surface area contributed by atoms with Gasteiger partial charge in [0.05, 0.1) is 27.7 Å². The van der Waals surface area contributed by atoms with Crippen LogP contribution in [0.3, 0.4) is 0 Å². The van der Waals surface area contributed by atoms with Crippen LogP contribution < -0.4 is 0 Å². The van der Waals surface area contributed by atoms with E-state index in [1.807, 2.05) is 21.1 Å². The Morgan fingerprint density at radius 3 is 1.32 bits per heavy atom. The number of rotatable bonds is 43. The summed E-state index contributed by atoms with van der Waals surface area (Å²) >= 11 is 0. The highest BCUT2D eigenvalue weighted by molar-refractivity contribution is 7.47. The molecule has 0 amide bonds. The monoisotopic (exact) mass is 817 g/mol. The Kier molecular flexibility index (Phi) is 38.3. The lowest BCUT2D eigenvalue weighted by molar-refractivity contribution is -0.870. The van der Waals surface area contributed by atoms with Gasteiger partial charge in [-0.1, -0.05) is 180 Å². The zero-order valence-electron chi connectivity index (χ0n) is 37.4. The number of unbranched alkanes of at least 4 members (excludes halogenated alkanes) is 27. The highest BCUT2D eigenvalue weighted by Gasteiger charge is 2.27. The van der Waals surface area contributed by atoms with Crippen LogP contribution in [0.1, 0.15) is 219 Å².